The molecule has 0 radical (unpaired) electrons. The molecule has 248 valence electrons. The predicted molar refractivity (Wildman–Crippen MR) is 178 cm³/mol. The molecule has 0 aliphatic carbocycles. The monoisotopic (exact) mass is 662 g/mol. The fourth-order valence-electron chi connectivity index (χ4n) is 5.86. The summed E-state index contributed by atoms with van der Waals surface area (Å²) in [6, 6.07) is 19.5. The lowest BCUT2D eigenvalue weighted by Crippen LogP contribution is -2.49. The van der Waals surface area contributed by atoms with E-state index in [2.05, 4.69) is 15.6 Å². The molecule has 1 aliphatic heterocycles. The number of likely N-dealkylation sites (tertiary alicyclic amines) is 1. The molecular weight excluding hydrogens is 622 g/mol. The van der Waals surface area contributed by atoms with E-state index >= 15 is 0 Å². The maximum Gasteiger partial charge on any atom is 0.263 e. The number of nitrogens with zero attached hydrogens (tertiary/aromatic N) is 2. The Balaban J connectivity index is 1.36. The van der Waals surface area contributed by atoms with Gasteiger partial charge in [0.2, 0.25) is 0 Å². The molecule has 1 aliphatic rings. The number of thiazole rings is 1. The standard InChI is InChI=1S/C36H40F2N4O4S/c1-22-21-47-35(40-22)31-13-8-14-42(31)36(45)28-17-26(33(37)38)16-27(18-28)34(44)41-30(15-24-9-5-4-6-10-24)32(43)20-39-23(2)25-11-7-12-29(19-25)46-3/h4-7,9-12,16-19,21,23,30-33,39,43H,8,13-15,20H2,1-3H3,(H,41,44). The molecule has 0 spiro atoms. The summed E-state index contributed by atoms with van der Waals surface area (Å²) in [4.78, 5) is 33.6. The first kappa shape index (κ1) is 34.2. The van der Waals surface area contributed by atoms with Crippen molar-refractivity contribution in [1.82, 2.24) is 20.5 Å². The number of halogens is 2. The minimum absolute atomic E-state index is 0.0158. The molecule has 4 atom stereocenters. The number of hydrogen-bond acceptors (Lipinski definition) is 7. The number of hydrogen-bond donors (Lipinski definition) is 3. The molecule has 4 unspecified atom stereocenters. The van der Waals surface area contributed by atoms with Crippen molar-refractivity contribution < 1.29 is 28.2 Å². The zero-order valence-electron chi connectivity index (χ0n) is 26.7. The van der Waals surface area contributed by atoms with Gasteiger partial charge in [-0.3, -0.25) is 9.59 Å². The van der Waals surface area contributed by atoms with Gasteiger partial charge in [0.05, 0.1) is 25.3 Å². The number of aliphatic hydroxyl groups is 1. The molecule has 8 nitrogen and oxygen atoms in total. The molecular formula is C36H40F2N4O4S. The van der Waals surface area contributed by atoms with E-state index in [9.17, 15) is 23.5 Å². The molecule has 5 rings (SSSR count). The Morgan fingerprint density at radius 1 is 1.06 bits per heavy atom. The van der Waals surface area contributed by atoms with Crippen molar-refractivity contribution in [3.63, 3.8) is 0 Å². The van der Waals surface area contributed by atoms with Crippen LogP contribution in [0.25, 0.3) is 0 Å². The number of rotatable bonds is 13. The van der Waals surface area contributed by atoms with Crippen LogP contribution in [0.4, 0.5) is 8.78 Å². The normalized spacial score (nSPS) is 16.6. The highest BCUT2D eigenvalue weighted by atomic mass is 32.1. The quantitative estimate of drug-likeness (QED) is 0.153. The van der Waals surface area contributed by atoms with Gasteiger partial charge in [-0.05, 0) is 74.6 Å². The highest BCUT2D eigenvalue weighted by Gasteiger charge is 2.33. The van der Waals surface area contributed by atoms with Crippen LogP contribution in [-0.2, 0) is 6.42 Å². The van der Waals surface area contributed by atoms with E-state index < -0.39 is 35.9 Å². The molecule has 11 heteroatoms. The summed E-state index contributed by atoms with van der Waals surface area (Å²) in [5.41, 5.74) is 2.23. The van der Waals surface area contributed by atoms with Gasteiger partial charge in [-0.2, -0.15) is 0 Å². The minimum Gasteiger partial charge on any atom is -0.497 e. The van der Waals surface area contributed by atoms with Crippen molar-refractivity contribution in [2.24, 2.45) is 0 Å². The van der Waals surface area contributed by atoms with Crippen molar-refractivity contribution in [1.29, 1.82) is 0 Å². The van der Waals surface area contributed by atoms with Gasteiger partial charge in [-0.15, -0.1) is 11.3 Å². The number of ether oxygens (including phenoxy) is 1. The van der Waals surface area contributed by atoms with Crippen LogP contribution in [0, 0.1) is 6.92 Å². The molecule has 3 aromatic carbocycles. The van der Waals surface area contributed by atoms with Crippen LogP contribution in [0.5, 0.6) is 5.75 Å². The molecule has 4 aromatic rings. The third-order valence-electron chi connectivity index (χ3n) is 8.46. The molecule has 0 saturated carbocycles. The summed E-state index contributed by atoms with van der Waals surface area (Å²) in [6.45, 7) is 4.46. The van der Waals surface area contributed by atoms with E-state index in [1.54, 1.807) is 12.0 Å². The Morgan fingerprint density at radius 3 is 2.53 bits per heavy atom. The lowest BCUT2D eigenvalue weighted by Gasteiger charge is -2.27. The Bertz CT molecular complexity index is 1670. The number of nitrogens with one attached hydrogen (secondary N) is 2. The Labute approximate surface area is 277 Å². The van der Waals surface area contributed by atoms with E-state index in [4.69, 9.17) is 4.74 Å². The summed E-state index contributed by atoms with van der Waals surface area (Å²) in [7, 11) is 1.60. The van der Waals surface area contributed by atoms with Gasteiger partial charge in [0.25, 0.3) is 18.2 Å². The summed E-state index contributed by atoms with van der Waals surface area (Å²) in [5, 5.41) is 20.3. The van der Waals surface area contributed by atoms with Crippen molar-refractivity contribution >= 4 is 23.2 Å². The number of alkyl halides is 2. The largest absolute Gasteiger partial charge is 0.497 e. The maximum absolute atomic E-state index is 14.1. The van der Waals surface area contributed by atoms with Gasteiger partial charge in [0.15, 0.2) is 0 Å². The number of carbonyl (C=O) groups is 2. The number of methoxy groups -OCH3 is 1. The van der Waals surface area contributed by atoms with Crippen LogP contribution < -0.4 is 15.4 Å². The van der Waals surface area contributed by atoms with Crippen molar-refractivity contribution in [3.05, 3.63) is 117 Å². The average Bonchev–Trinajstić information content (AvgIpc) is 3.75. The van der Waals surface area contributed by atoms with Crippen molar-refractivity contribution in [2.45, 2.75) is 63.8 Å². The second kappa shape index (κ2) is 15.6. The molecule has 1 saturated heterocycles. The Hall–Kier alpha value is -4.19. The average molecular weight is 663 g/mol. The van der Waals surface area contributed by atoms with Gasteiger partial charge in [0.1, 0.15) is 10.8 Å². The third-order valence-corrected chi connectivity index (χ3v) is 9.52. The summed E-state index contributed by atoms with van der Waals surface area (Å²) < 4.78 is 33.5. The SMILES string of the molecule is COc1cccc(C(C)NCC(O)C(Cc2ccccc2)NC(=O)c2cc(C(=O)N3CCCC3c3nc(C)cs3)cc(C(F)F)c2)c1. The second-order valence-electron chi connectivity index (χ2n) is 11.9. The van der Waals surface area contributed by atoms with E-state index in [0.717, 1.165) is 46.8 Å². The zero-order valence-corrected chi connectivity index (χ0v) is 27.5. The number of benzene rings is 3. The number of aliphatic hydroxyl groups excluding tert-OH is 1. The first-order chi connectivity index (χ1) is 22.6. The molecule has 0 bridgehead atoms. The highest BCUT2D eigenvalue weighted by molar-refractivity contribution is 7.09. The fourth-order valence-corrected chi connectivity index (χ4v) is 6.80. The Morgan fingerprint density at radius 2 is 1.83 bits per heavy atom. The lowest BCUT2D eigenvalue weighted by molar-refractivity contribution is 0.0734. The van der Waals surface area contributed by atoms with Crippen LogP contribution in [0.3, 0.4) is 0 Å². The van der Waals surface area contributed by atoms with E-state index in [1.165, 1.54) is 17.4 Å². The van der Waals surface area contributed by atoms with Crippen LogP contribution in [-0.4, -0.2) is 59.1 Å². The summed E-state index contributed by atoms with van der Waals surface area (Å²) >= 11 is 1.47. The molecule has 2 heterocycles. The summed E-state index contributed by atoms with van der Waals surface area (Å²) in [5.74, 6) is -0.363. The number of carbonyl (C=O) groups excluding carboxylic acids is 2. The van der Waals surface area contributed by atoms with Gasteiger partial charge in [-0.25, -0.2) is 13.8 Å². The topological polar surface area (TPSA) is 104 Å². The lowest BCUT2D eigenvalue weighted by atomic mass is 9.99. The van der Waals surface area contributed by atoms with E-state index in [1.807, 2.05) is 73.8 Å². The minimum atomic E-state index is -2.89. The van der Waals surface area contributed by atoms with Crippen molar-refractivity contribution in [3.8, 4) is 5.75 Å². The molecule has 47 heavy (non-hydrogen) atoms. The van der Waals surface area contributed by atoms with Gasteiger partial charge >= 0.3 is 0 Å². The fraction of sp³-hybridized carbons (Fsp3) is 0.361. The molecule has 1 fully saturated rings. The predicted octanol–water partition coefficient (Wildman–Crippen LogP) is 6.43. The van der Waals surface area contributed by atoms with E-state index in [0.29, 0.717) is 18.7 Å². The summed E-state index contributed by atoms with van der Waals surface area (Å²) in [6.07, 6.45) is -2.13. The van der Waals surface area contributed by atoms with Crippen LogP contribution in [0.15, 0.2) is 78.2 Å². The maximum atomic E-state index is 14.1. The Kier molecular flexibility index (Phi) is 11.3. The smallest absolute Gasteiger partial charge is 0.263 e. The highest BCUT2D eigenvalue weighted by Crippen LogP contribution is 2.35. The van der Waals surface area contributed by atoms with Crippen LogP contribution in [0.2, 0.25) is 0 Å². The number of amides is 2. The molecule has 2 amide bonds. The van der Waals surface area contributed by atoms with Gasteiger partial charge < -0.3 is 25.4 Å². The molecule has 3 N–H and O–H groups in total. The van der Waals surface area contributed by atoms with Gasteiger partial charge in [0, 0.05) is 46.9 Å². The van der Waals surface area contributed by atoms with Crippen molar-refractivity contribution in [2.75, 3.05) is 20.2 Å². The number of aryl methyl sites for hydroxylation is 1. The number of aromatic nitrogens is 1. The van der Waals surface area contributed by atoms with E-state index in [-0.39, 0.29) is 29.8 Å². The molecule has 1 aromatic heterocycles. The first-order valence-corrected chi connectivity index (χ1v) is 16.6. The third kappa shape index (κ3) is 8.59. The second-order valence-corrected chi connectivity index (χ2v) is 12.8. The van der Waals surface area contributed by atoms with Crippen LogP contribution >= 0.6 is 11.3 Å². The van der Waals surface area contributed by atoms with Crippen LogP contribution in [0.1, 0.15) is 86.4 Å². The first-order valence-electron chi connectivity index (χ1n) is 15.7. The zero-order chi connectivity index (χ0) is 33.5. The van der Waals surface area contributed by atoms with Gasteiger partial charge in [-0.1, -0.05) is 42.5 Å².